The van der Waals surface area contributed by atoms with Gasteiger partial charge in [-0.05, 0) is 25.0 Å². The molecule has 1 aliphatic rings. The minimum absolute atomic E-state index is 0.0808. The van der Waals surface area contributed by atoms with Crippen LogP contribution in [0.15, 0.2) is 18.3 Å². The lowest BCUT2D eigenvalue weighted by molar-refractivity contribution is 0.0872. The summed E-state index contributed by atoms with van der Waals surface area (Å²) in [5, 5.41) is 12.5. The van der Waals surface area contributed by atoms with E-state index in [1.54, 1.807) is 18.3 Å². The lowest BCUT2D eigenvalue weighted by atomic mass is 9.85. The Morgan fingerprint density at radius 2 is 2.20 bits per heavy atom. The van der Waals surface area contributed by atoms with Crippen LogP contribution >= 0.6 is 0 Å². The van der Waals surface area contributed by atoms with Gasteiger partial charge >= 0.3 is 0 Å². The molecule has 5 heteroatoms. The van der Waals surface area contributed by atoms with E-state index < -0.39 is 0 Å². The van der Waals surface area contributed by atoms with Gasteiger partial charge < -0.3 is 15.3 Å². The zero-order valence-electron chi connectivity index (χ0n) is 12.2. The summed E-state index contributed by atoms with van der Waals surface area (Å²) in [7, 11) is 3.79. The molecule has 0 aromatic carbocycles. The van der Waals surface area contributed by atoms with Gasteiger partial charge in [-0.15, -0.1) is 0 Å². The third kappa shape index (κ3) is 3.48. The van der Waals surface area contributed by atoms with Gasteiger partial charge in [-0.25, -0.2) is 4.98 Å². The van der Waals surface area contributed by atoms with E-state index in [9.17, 15) is 9.90 Å². The number of anilines is 1. The number of pyridine rings is 1. The van der Waals surface area contributed by atoms with Gasteiger partial charge in [-0.1, -0.05) is 12.8 Å². The van der Waals surface area contributed by atoms with Gasteiger partial charge in [0.05, 0.1) is 0 Å². The zero-order valence-corrected chi connectivity index (χ0v) is 12.2. The van der Waals surface area contributed by atoms with Gasteiger partial charge in [0, 0.05) is 44.4 Å². The van der Waals surface area contributed by atoms with Crippen LogP contribution in [0, 0.1) is 5.92 Å². The second-order valence-electron chi connectivity index (χ2n) is 5.60. The van der Waals surface area contributed by atoms with Crippen LogP contribution in [-0.4, -0.2) is 42.7 Å². The molecule has 1 aliphatic carbocycles. The molecule has 1 saturated carbocycles. The maximum Gasteiger partial charge on any atom is 0.251 e. The van der Waals surface area contributed by atoms with Gasteiger partial charge in [0.25, 0.3) is 5.91 Å². The Morgan fingerprint density at radius 1 is 1.45 bits per heavy atom. The molecule has 0 saturated heterocycles. The van der Waals surface area contributed by atoms with Crippen LogP contribution < -0.4 is 10.2 Å². The summed E-state index contributed by atoms with van der Waals surface area (Å²) in [6.45, 7) is 0.143. The fraction of sp³-hybridized carbons (Fsp3) is 0.600. The molecule has 2 atom stereocenters. The number of nitrogens with one attached hydrogen (secondary N) is 1. The molecule has 2 N–H and O–H groups in total. The molecule has 110 valence electrons. The average Bonchev–Trinajstić information content (AvgIpc) is 2.48. The fourth-order valence-electron chi connectivity index (χ4n) is 2.67. The van der Waals surface area contributed by atoms with Crippen molar-refractivity contribution in [3.8, 4) is 0 Å². The van der Waals surface area contributed by atoms with Crippen LogP contribution in [0.3, 0.4) is 0 Å². The van der Waals surface area contributed by atoms with Gasteiger partial charge in [0.15, 0.2) is 0 Å². The standard InChI is InChI=1S/C15H23N3O2/c1-18(2)14-9-11(7-8-16-14)15(20)17-13-6-4-3-5-12(13)10-19/h7-9,12-13,19H,3-6,10H2,1-2H3,(H,17,20). The maximum atomic E-state index is 12.3. The number of hydrogen-bond donors (Lipinski definition) is 2. The van der Waals surface area contributed by atoms with E-state index in [1.807, 2.05) is 19.0 Å². The molecule has 1 aromatic heterocycles. The van der Waals surface area contributed by atoms with E-state index in [0.717, 1.165) is 31.5 Å². The number of nitrogens with zero attached hydrogens (tertiary/aromatic N) is 2. The Morgan fingerprint density at radius 3 is 2.90 bits per heavy atom. The predicted octanol–water partition coefficient (Wildman–Crippen LogP) is 1.43. The van der Waals surface area contributed by atoms with Gasteiger partial charge in [-0.2, -0.15) is 0 Å². The molecule has 0 radical (unpaired) electrons. The van der Waals surface area contributed by atoms with Crippen molar-refractivity contribution < 1.29 is 9.90 Å². The van der Waals surface area contributed by atoms with Crippen molar-refractivity contribution in [3.63, 3.8) is 0 Å². The van der Waals surface area contributed by atoms with Crippen LogP contribution in [0.4, 0.5) is 5.82 Å². The SMILES string of the molecule is CN(C)c1cc(C(=O)NC2CCCCC2CO)ccn1. The average molecular weight is 277 g/mol. The maximum absolute atomic E-state index is 12.3. The van der Waals surface area contributed by atoms with Gasteiger partial charge in [0.1, 0.15) is 5.82 Å². The molecule has 20 heavy (non-hydrogen) atoms. The first-order valence-corrected chi connectivity index (χ1v) is 7.17. The van der Waals surface area contributed by atoms with Gasteiger partial charge in [-0.3, -0.25) is 4.79 Å². The number of rotatable bonds is 4. The van der Waals surface area contributed by atoms with E-state index in [-0.39, 0.29) is 24.5 Å². The number of aromatic nitrogens is 1. The lowest BCUT2D eigenvalue weighted by Gasteiger charge is -2.30. The smallest absolute Gasteiger partial charge is 0.251 e. The summed E-state index contributed by atoms with van der Waals surface area (Å²) in [5.74, 6) is 0.865. The van der Waals surface area contributed by atoms with E-state index in [2.05, 4.69) is 10.3 Å². The predicted molar refractivity (Wildman–Crippen MR) is 78.9 cm³/mol. The molecule has 5 nitrogen and oxygen atoms in total. The minimum Gasteiger partial charge on any atom is -0.396 e. The Bertz CT molecular complexity index is 462. The Labute approximate surface area is 120 Å². The molecule has 0 spiro atoms. The number of aliphatic hydroxyl groups is 1. The van der Waals surface area contributed by atoms with Crippen molar-refractivity contribution in [1.29, 1.82) is 0 Å². The largest absolute Gasteiger partial charge is 0.396 e. The van der Waals surface area contributed by atoms with Crippen molar-refractivity contribution in [2.24, 2.45) is 5.92 Å². The number of carbonyl (C=O) groups is 1. The number of hydrogen-bond acceptors (Lipinski definition) is 4. The molecule has 2 unspecified atom stereocenters. The first-order valence-electron chi connectivity index (χ1n) is 7.17. The molecule has 1 fully saturated rings. The van der Waals surface area contributed by atoms with Crippen molar-refractivity contribution in [3.05, 3.63) is 23.9 Å². The van der Waals surface area contributed by atoms with Crippen LogP contribution in [0.1, 0.15) is 36.0 Å². The van der Waals surface area contributed by atoms with Gasteiger partial charge in [0.2, 0.25) is 0 Å². The summed E-state index contributed by atoms with van der Waals surface area (Å²) in [5.41, 5.74) is 0.617. The van der Waals surface area contributed by atoms with E-state index in [0.29, 0.717) is 5.56 Å². The molecule has 1 amide bonds. The third-order valence-electron chi connectivity index (χ3n) is 3.93. The third-order valence-corrected chi connectivity index (χ3v) is 3.93. The Kier molecular flexibility index (Phi) is 4.95. The number of aliphatic hydroxyl groups excluding tert-OH is 1. The van der Waals surface area contributed by atoms with Crippen LogP contribution in [0.2, 0.25) is 0 Å². The van der Waals surface area contributed by atoms with Crippen LogP contribution in [-0.2, 0) is 0 Å². The van der Waals surface area contributed by atoms with Crippen molar-refractivity contribution in [2.75, 3.05) is 25.6 Å². The zero-order chi connectivity index (χ0) is 14.5. The highest BCUT2D eigenvalue weighted by Crippen LogP contribution is 2.24. The van der Waals surface area contributed by atoms with Crippen molar-refractivity contribution >= 4 is 11.7 Å². The summed E-state index contributed by atoms with van der Waals surface area (Å²) in [6, 6.07) is 3.59. The van der Waals surface area contributed by atoms with Crippen LogP contribution in [0.5, 0.6) is 0 Å². The van der Waals surface area contributed by atoms with E-state index in [1.165, 1.54) is 0 Å². The van der Waals surface area contributed by atoms with E-state index >= 15 is 0 Å². The highest BCUT2D eigenvalue weighted by Gasteiger charge is 2.26. The molecular formula is C15H23N3O2. The van der Waals surface area contributed by atoms with E-state index in [4.69, 9.17) is 0 Å². The second-order valence-corrected chi connectivity index (χ2v) is 5.60. The Hall–Kier alpha value is -1.62. The highest BCUT2D eigenvalue weighted by atomic mass is 16.3. The number of carbonyl (C=O) groups excluding carboxylic acids is 1. The first kappa shape index (κ1) is 14.8. The van der Waals surface area contributed by atoms with Crippen molar-refractivity contribution in [2.45, 2.75) is 31.7 Å². The summed E-state index contributed by atoms with van der Waals surface area (Å²) < 4.78 is 0. The topological polar surface area (TPSA) is 65.5 Å². The highest BCUT2D eigenvalue weighted by molar-refractivity contribution is 5.95. The lowest BCUT2D eigenvalue weighted by Crippen LogP contribution is -2.43. The second kappa shape index (κ2) is 6.70. The molecule has 0 aliphatic heterocycles. The fourth-order valence-corrected chi connectivity index (χ4v) is 2.67. The number of amides is 1. The Balaban J connectivity index is 2.05. The van der Waals surface area contributed by atoms with Crippen molar-refractivity contribution in [1.82, 2.24) is 10.3 Å². The molecule has 1 heterocycles. The van der Waals surface area contributed by atoms with Crippen LogP contribution in [0.25, 0.3) is 0 Å². The normalized spacial score (nSPS) is 22.4. The quantitative estimate of drug-likeness (QED) is 0.874. The first-order chi connectivity index (χ1) is 9.61. The molecule has 1 aromatic rings. The molecule has 2 rings (SSSR count). The monoisotopic (exact) mass is 277 g/mol. The molecule has 0 bridgehead atoms. The summed E-state index contributed by atoms with van der Waals surface area (Å²) in [4.78, 5) is 18.4. The minimum atomic E-state index is -0.0825. The summed E-state index contributed by atoms with van der Waals surface area (Å²) in [6.07, 6.45) is 5.83. The molecular weight excluding hydrogens is 254 g/mol. The summed E-state index contributed by atoms with van der Waals surface area (Å²) >= 11 is 0.